The number of hydrogen-bond donors (Lipinski definition) is 2. The van der Waals surface area contributed by atoms with Crippen molar-refractivity contribution < 1.29 is 4.74 Å². The van der Waals surface area contributed by atoms with Gasteiger partial charge in [-0.3, -0.25) is 11.3 Å². The van der Waals surface area contributed by atoms with Crippen molar-refractivity contribution >= 4 is 0 Å². The number of rotatable bonds is 6. The molecule has 3 nitrogen and oxygen atoms in total. The van der Waals surface area contributed by atoms with Gasteiger partial charge in [0, 0.05) is 6.61 Å². The average Bonchev–Trinajstić information content (AvgIpc) is 3.10. The molecule has 0 aromatic rings. The van der Waals surface area contributed by atoms with Gasteiger partial charge in [-0.15, -0.1) is 0 Å². The van der Waals surface area contributed by atoms with Crippen molar-refractivity contribution in [2.45, 2.75) is 70.4 Å². The van der Waals surface area contributed by atoms with Crippen LogP contribution >= 0.6 is 0 Å². The minimum absolute atomic E-state index is 0.00373. The summed E-state index contributed by atoms with van der Waals surface area (Å²) in [4.78, 5) is 0. The highest BCUT2D eigenvalue weighted by Gasteiger charge is 2.44. The van der Waals surface area contributed by atoms with E-state index in [1.54, 1.807) is 0 Å². The third-order valence-corrected chi connectivity index (χ3v) is 4.52. The molecule has 0 spiro atoms. The van der Waals surface area contributed by atoms with Crippen LogP contribution in [0.4, 0.5) is 0 Å². The van der Waals surface area contributed by atoms with Gasteiger partial charge in [0.1, 0.15) is 0 Å². The molecule has 0 saturated heterocycles. The first-order valence-corrected chi connectivity index (χ1v) is 7.30. The molecule has 2 aliphatic carbocycles. The van der Waals surface area contributed by atoms with E-state index in [0.29, 0.717) is 6.04 Å². The van der Waals surface area contributed by atoms with Crippen LogP contribution in [0, 0.1) is 11.8 Å². The maximum Gasteiger partial charge on any atom is 0.0850 e. The quantitative estimate of drug-likeness (QED) is 0.554. The van der Waals surface area contributed by atoms with E-state index in [1.807, 2.05) is 0 Å². The Morgan fingerprint density at radius 2 is 2.18 bits per heavy atom. The lowest BCUT2D eigenvalue weighted by Gasteiger charge is -2.45. The van der Waals surface area contributed by atoms with Crippen LogP contribution < -0.4 is 11.3 Å². The van der Waals surface area contributed by atoms with Gasteiger partial charge in [0.2, 0.25) is 0 Å². The van der Waals surface area contributed by atoms with Crippen LogP contribution in [0.3, 0.4) is 0 Å². The zero-order valence-electron chi connectivity index (χ0n) is 11.4. The van der Waals surface area contributed by atoms with Crippen LogP contribution in [-0.4, -0.2) is 18.2 Å². The zero-order chi connectivity index (χ0) is 12.3. The lowest BCUT2D eigenvalue weighted by molar-refractivity contribution is -0.103. The molecule has 2 rings (SSSR count). The van der Waals surface area contributed by atoms with Crippen molar-refractivity contribution in [1.82, 2.24) is 5.43 Å². The highest BCUT2D eigenvalue weighted by Crippen LogP contribution is 2.42. The molecule has 0 heterocycles. The highest BCUT2D eigenvalue weighted by atomic mass is 16.5. The number of hydrazine groups is 1. The van der Waals surface area contributed by atoms with Crippen LogP contribution in [0.1, 0.15) is 58.8 Å². The first kappa shape index (κ1) is 13.3. The summed E-state index contributed by atoms with van der Waals surface area (Å²) in [5, 5.41) is 0. The predicted octanol–water partition coefficient (Wildman–Crippen LogP) is 2.60. The molecule has 0 aliphatic heterocycles. The van der Waals surface area contributed by atoms with Crippen LogP contribution in [0.2, 0.25) is 0 Å². The highest BCUT2D eigenvalue weighted by molar-refractivity contribution is 4.98. The molecule has 2 saturated carbocycles. The van der Waals surface area contributed by atoms with E-state index in [-0.39, 0.29) is 5.60 Å². The van der Waals surface area contributed by atoms with Gasteiger partial charge in [-0.2, -0.15) is 0 Å². The maximum atomic E-state index is 6.18. The Hall–Kier alpha value is -0.120. The first-order chi connectivity index (χ1) is 8.20. The van der Waals surface area contributed by atoms with Gasteiger partial charge in [0.15, 0.2) is 0 Å². The van der Waals surface area contributed by atoms with Gasteiger partial charge in [-0.1, -0.05) is 32.6 Å². The molecule has 0 radical (unpaired) electrons. The lowest BCUT2D eigenvalue weighted by atomic mass is 9.73. The Bertz CT molecular complexity index is 238. The molecule has 2 fully saturated rings. The van der Waals surface area contributed by atoms with Crippen LogP contribution in [-0.2, 0) is 4.74 Å². The monoisotopic (exact) mass is 240 g/mol. The second-order valence-electron chi connectivity index (χ2n) is 6.10. The smallest absolute Gasteiger partial charge is 0.0850 e. The SMILES string of the molecule is CCOC1(C(CC2CC2)NN)CCCC(C)C1. The Kier molecular flexibility index (Phi) is 4.45. The van der Waals surface area contributed by atoms with Gasteiger partial charge in [0.25, 0.3) is 0 Å². The molecule has 3 N–H and O–H groups in total. The lowest BCUT2D eigenvalue weighted by Crippen LogP contribution is -2.57. The van der Waals surface area contributed by atoms with E-state index in [2.05, 4.69) is 19.3 Å². The predicted molar refractivity (Wildman–Crippen MR) is 70.4 cm³/mol. The Balaban J connectivity index is 2.05. The third-order valence-electron chi connectivity index (χ3n) is 4.52. The summed E-state index contributed by atoms with van der Waals surface area (Å²) in [5.74, 6) is 7.47. The number of hydrogen-bond acceptors (Lipinski definition) is 3. The van der Waals surface area contributed by atoms with Gasteiger partial charge in [-0.25, -0.2) is 0 Å². The Labute approximate surface area is 105 Å². The summed E-state index contributed by atoms with van der Waals surface area (Å²) >= 11 is 0. The summed E-state index contributed by atoms with van der Waals surface area (Å²) in [6.07, 6.45) is 8.93. The molecule has 0 aromatic heterocycles. The fraction of sp³-hybridized carbons (Fsp3) is 1.00. The molecule has 100 valence electrons. The molecular formula is C14H28N2O. The fourth-order valence-electron chi connectivity index (χ4n) is 3.50. The van der Waals surface area contributed by atoms with Gasteiger partial charge >= 0.3 is 0 Å². The molecule has 0 amide bonds. The first-order valence-electron chi connectivity index (χ1n) is 7.30. The zero-order valence-corrected chi connectivity index (χ0v) is 11.4. The molecule has 3 atom stereocenters. The third kappa shape index (κ3) is 3.21. The number of nitrogens with one attached hydrogen (secondary N) is 1. The second-order valence-corrected chi connectivity index (χ2v) is 6.10. The summed E-state index contributed by atoms with van der Waals surface area (Å²) in [7, 11) is 0. The van der Waals surface area contributed by atoms with Gasteiger partial charge in [0.05, 0.1) is 11.6 Å². The number of ether oxygens (including phenoxy) is 1. The summed E-state index contributed by atoms with van der Waals surface area (Å²) in [6, 6.07) is 0.345. The summed E-state index contributed by atoms with van der Waals surface area (Å²) < 4.78 is 6.18. The number of nitrogens with two attached hydrogens (primary N) is 1. The van der Waals surface area contributed by atoms with Crippen LogP contribution in [0.5, 0.6) is 0 Å². The topological polar surface area (TPSA) is 47.3 Å². The van der Waals surface area contributed by atoms with Gasteiger partial charge in [-0.05, 0) is 38.0 Å². The summed E-state index contributed by atoms with van der Waals surface area (Å²) in [6.45, 7) is 5.25. The normalized spacial score (nSPS) is 35.8. The largest absolute Gasteiger partial charge is 0.374 e. The van der Waals surface area contributed by atoms with E-state index < -0.39 is 0 Å². The minimum atomic E-state index is 0.00373. The fourth-order valence-corrected chi connectivity index (χ4v) is 3.50. The molecule has 0 bridgehead atoms. The van der Waals surface area contributed by atoms with Crippen LogP contribution in [0.25, 0.3) is 0 Å². The van der Waals surface area contributed by atoms with Crippen LogP contribution in [0.15, 0.2) is 0 Å². The standard InChI is InChI=1S/C14H28N2O/c1-3-17-14(8-4-5-11(2)10-14)13(16-15)9-12-6-7-12/h11-13,16H,3-10,15H2,1-2H3. The second kappa shape index (κ2) is 5.68. The van der Waals surface area contributed by atoms with E-state index in [9.17, 15) is 0 Å². The summed E-state index contributed by atoms with van der Waals surface area (Å²) in [5.41, 5.74) is 3.07. The van der Waals surface area contributed by atoms with Crippen molar-refractivity contribution in [3.05, 3.63) is 0 Å². The molecule has 2 aliphatic rings. The maximum absolute atomic E-state index is 6.18. The van der Waals surface area contributed by atoms with E-state index in [0.717, 1.165) is 18.4 Å². The Morgan fingerprint density at radius 3 is 2.71 bits per heavy atom. The van der Waals surface area contributed by atoms with Crippen molar-refractivity contribution in [1.29, 1.82) is 0 Å². The van der Waals surface area contributed by atoms with Crippen molar-refractivity contribution in [3.63, 3.8) is 0 Å². The van der Waals surface area contributed by atoms with Crippen molar-refractivity contribution in [2.75, 3.05) is 6.61 Å². The molecule has 3 unspecified atom stereocenters. The van der Waals surface area contributed by atoms with Crippen molar-refractivity contribution in [2.24, 2.45) is 17.7 Å². The van der Waals surface area contributed by atoms with E-state index in [1.165, 1.54) is 44.9 Å². The van der Waals surface area contributed by atoms with Crippen molar-refractivity contribution in [3.8, 4) is 0 Å². The minimum Gasteiger partial charge on any atom is -0.374 e. The molecular weight excluding hydrogens is 212 g/mol. The molecule has 17 heavy (non-hydrogen) atoms. The molecule has 3 heteroatoms. The van der Waals surface area contributed by atoms with Gasteiger partial charge < -0.3 is 4.74 Å². The van der Waals surface area contributed by atoms with E-state index >= 15 is 0 Å². The Morgan fingerprint density at radius 1 is 1.41 bits per heavy atom. The average molecular weight is 240 g/mol. The van der Waals surface area contributed by atoms with E-state index in [4.69, 9.17) is 10.6 Å². The molecule has 0 aromatic carbocycles.